The number of benzene rings is 2. The molecular weight excluding hydrogens is 470 g/mol. The SMILES string of the molecule is CC(N1CN(C2c3ccccc3COc3c(F)cccc32)n2ccc(=O)c(O)c2C1=O)C(F)(F)F. The predicted octanol–water partition coefficient (Wildman–Crippen LogP) is 3.68. The number of alkyl halides is 3. The van der Waals surface area contributed by atoms with Gasteiger partial charge in [0.05, 0.1) is 0 Å². The number of halogens is 4. The number of rotatable bonds is 2. The highest BCUT2D eigenvalue weighted by Crippen LogP contribution is 2.42. The second-order valence-electron chi connectivity index (χ2n) is 8.34. The molecular formula is C24H19F4N3O4. The first-order valence-electron chi connectivity index (χ1n) is 10.7. The van der Waals surface area contributed by atoms with Crippen LogP contribution in [0.3, 0.4) is 0 Å². The van der Waals surface area contributed by atoms with Crippen LogP contribution in [0, 0.1) is 5.82 Å². The summed E-state index contributed by atoms with van der Waals surface area (Å²) in [6, 6.07) is 9.06. The second kappa shape index (κ2) is 8.03. The zero-order chi connectivity index (χ0) is 25.1. The Balaban J connectivity index is 1.79. The number of aromatic nitrogens is 1. The minimum atomic E-state index is -4.78. The number of amides is 1. The van der Waals surface area contributed by atoms with Crippen LogP contribution in [0.1, 0.15) is 40.1 Å². The summed E-state index contributed by atoms with van der Waals surface area (Å²) >= 11 is 0. The van der Waals surface area contributed by atoms with Gasteiger partial charge < -0.3 is 14.7 Å². The number of hydrogen-bond donors (Lipinski definition) is 1. The zero-order valence-corrected chi connectivity index (χ0v) is 18.3. The maximum absolute atomic E-state index is 14.8. The summed E-state index contributed by atoms with van der Waals surface area (Å²) in [6.45, 7) is 0.268. The third-order valence-corrected chi connectivity index (χ3v) is 6.34. The lowest BCUT2D eigenvalue weighted by Gasteiger charge is -2.45. The van der Waals surface area contributed by atoms with E-state index in [0.29, 0.717) is 21.6 Å². The van der Waals surface area contributed by atoms with Gasteiger partial charge in [-0.2, -0.15) is 13.2 Å². The van der Waals surface area contributed by atoms with Gasteiger partial charge in [-0.25, -0.2) is 4.39 Å². The van der Waals surface area contributed by atoms with Gasteiger partial charge in [-0.3, -0.25) is 19.3 Å². The molecule has 1 amide bonds. The van der Waals surface area contributed by atoms with E-state index in [1.807, 2.05) is 0 Å². The van der Waals surface area contributed by atoms with Crippen molar-refractivity contribution < 1.29 is 32.2 Å². The summed E-state index contributed by atoms with van der Waals surface area (Å²) in [7, 11) is 0. The number of aromatic hydroxyl groups is 1. The van der Waals surface area contributed by atoms with Crippen LogP contribution in [-0.4, -0.2) is 39.5 Å². The van der Waals surface area contributed by atoms with Crippen molar-refractivity contribution in [2.75, 3.05) is 11.7 Å². The summed E-state index contributed by atoms with van der Waals surface area (Å²) in [4.78, 5) is 25.8. The summed E-state index contributed by atoms with van der Waals surface area (Å²) in [6.07, 6.45) is -3.57. The molecule has 2 atom stereocenters. The Morgan fingerprint density at radius 1 is 1.06 bits per heavy atom. The van der Waals surface area contributed by atoms with Crippen LogP contribution in [0.15, 0.2) is 59.5 Å². The minimum Gasteiger partial charge on any atom is -0.502 e. The molecule has 0 bridgehead atoms. The Hall–Kier alpha value is -4.02. The van der Waals surface area contributed by atoms with Crippen molar-refractivity contribution >= 4 is 5.91 Å². The number of ether oxygens (including phenoxy) is 1. The molecule has 3 aromatic rings. The predicted molar refractivity (Wildman–Crippen MR) is 116 cm³/mol. The van der Waals surface area contributed by atoms with Gasteiger partial charge in [-0.15, -0.1) is 0 Å². The molecule has 5 rings (SSSR count). The van der Waals surface area contributed by atoms with E-state index in [4.69, 9.17) is 4.74 Å². The molecule has 2 aliphatic heterocycles. The topological polar surface area (TPSA) is 75.0 Å². The Labute approximate surface area is 196 Å². The first-order chi connectivity index (χ1) is 16.6. The maximum atomic E-state index is 14.8. The molecule has 1 aromatic heterocycles. The van der Waals surface area contributed by atoms with E-state index in [0.717, 1.165) is 17.7 Å². The van der Waals surface area contributed by atoms with Crippen molar-refractivity contribution in [1.29, 1.82) is 0 Å². The fourth-order valence-corrected chi connectivity index (χ4v) is 4.50. The average Bonchev–Trinajstić information content (AvgIpc) is 2.98. The van der Waals surface area contributed by atoms with Crippen molar-refractivity contribution in [2.45, 2.75) is 31.8 Å². The molecule has 11 heteroatoms. The molecule has 2 unspecified atom stereocenters. The van der Waals surface area contributed by atoms with Gasteiger partial charge in [0, 0.05) is 17.8 Å². The first-order valence-corrected chi connectivity index (χ1v) is 10.7. The van der Waals surface area contributed by atoms with Gasteiger partial charge in [0.1, 0.15) is 25.4 Å². The Morgan fingerprint density at radius 2 is 1.77 bits per heavy atom. The van der Waals surface area contributed by atoms with Gasteiger partial charge in [-0.05, 0) is 24.1 Å². The third kappa shape index (κ3) is 3.58. The first kappa shape index (κ1) is 22.8. The van der Waals surface area contributed by atoms with E-state index in [-0.39, 0.29) is 12.4 Å². The molecule has 2 aliphatic rings. The molecule has 0 spiro atoms. The van der Waals surface area contributed by atoms with E-state index >= 15 is 0 Å². The van der Waals surface area contributed by atoms with Gasteiger partial charge in [-0.1, -0.05) is 36.4 Å². The second-order valence-corrected chi connectivity index (χ2v) is 8.34. The Kier molecular flexibility index (Phi) is 5.22. The van der Waals surface area contributed by atoms with Crippen molar-refractivity contribution in [3.63, 3.8) is 0 Å². The van der Waals surface area contributed by atoms with Crippen molar-refractivity contribution in [3.05, 3.63) is 93.2 Å². The maximum Gasteiger partial charge on any atom is 0.408 e. The number of nitrogens with zero attached hydrogens (tertiary/aromatic N) is 3. The zero-order valence-electron chi connectivity index (χ0n) is 18.3. The van der Waals surface area contributed by atoms with E-state index in [9.17, 15) is 32.3 Å². The number of carbonyl (C=O) groups excluding carboxylic acids is 1. The van der Waals surface area contributed by atoms with Gasteiger partial charge in [0.25, 0.3) is 5.91 Å². The van der Waals surface area contributed by atoms with Crippen LogP contribution in [0.4, 0.5) is 17.6 Å². The molecule has 0 saturated carbocycles. The molecule has 3 heterocycles. The van der Waals surface area contributed by atoms with Crippen LogP contribution in [0.25, 0.3) is 0 Å². The van der Waals surface area contributed by atoms with Crippen LogP contribution in [0.2, 0.25) is 0 Å². The van der Waals surface area contributed by atoms with Gasteiger partial charge in [0.2, 0.25) is 5.43 Å². The van der Waals surface area contributed by atoms with E-state index < -0.39 is 53.5 Å². The number of hydrogen-bond acceptors (Lipinski definition) is 5. The summed E-state index contributed by atoms with van der Waals surface area (Å²) < 4.78 is 62.8. The number of fused-ring (bicyclic) bond motifs is 3. The fourth-order valence-electron chi connectivity index (χ4n) is 4.50. The van der Waals surface area contributed by atoms with E-state index in [1.165, 1.54) is 23.3 Å². The third-order valence-electron chi connectivity index (χ3n) is 6.34. The summed E-state index contributed by atoms with van der Waals surface area (Å²) in [5.74, 6) is -2.86. The summed E-state index contributed by atoms with van der Waals surface area (Å²) in [5.41, 5.74) is 0.0535. The Morgan fingerprint density at radius 3 is 2.51 bits per heavy atom. The lowest BCUT2D eigenvalue weighted by Crippen LogP contribution is -2.60. The molecule has 7 nitrogen and oxygen atoms in total. The van der Waals surface area contributed by atoms with Gasteiger partial charge in [0.15, 0.2) is 23.0 Å². The lowest BCUT2D eigenvalue weighted by molar-refractivity contribution is -0.173. The largest absolute Gasteiger partial charge is 0.502 e. The highest BCUT2D eigenvalue weighted by atomic mass is 19.4. The Bertz CT molecular complexity index is 1390. The van der Waals surface area contributed by atoms with Crippen LogP contribution >= 0.6 is 0 Å². The molecule has 182 valence electrons. The van der Waals surface area contributed by atoms with Gasteiger partial charge >= 0.3 is 6.18 Å². The van der Waals surface area contributed by atoms with Crippen molar-refractivity contribution in [2.24, 2.45) is 0 Å². The number of para-hydroxylation sites is 1. The van der Waals surface area contributed by atoms with Crippen molar-refractivity contribution in [1.82, 2.24) is 9.58 Å². The monoisotopic (exact) mass is 489 g/mol. The highest BCUT2D eigenvalue weighted by molar-refractivity contribution is 5.96. The number of pyridine rings is 1. The smallest absolute Gasteiger partial charge is 0.408 e. The molecule has 2 aromatic carbocycles. The van der Waals surface area contributed by atoms with Crippen LogP contribution in [-0.2, 0) is 6.61 Å². The van der Waals surface area contributed by atoms with E-state index in [1.54, 1.807) is 30.3 Å². The molecule has 0 radical (unpaired) electrons. The molecule has 0 saturated heterocycles. The minimum absolute atomic E-state index is 0.0122. The average molecular weight is 489 g/mol. The molecule has 0 fully saturated rings. The fraction of sp³-hybridized carbons (Fsp3) is 0.250. The van der Waals surface area contributed by atoms with Crippen molar-refractivity contribution in [3.8, 4) is 11.5 Å². The molecule has 1 N–H and O–H groups in total. The summed E-state index contributed by atoms with van der Waals surface area (Å²) in [5, 5.41) is 11.8. The highest BCUT2D eigenvalue weighted by Gasteiger charge is 2.47. The molecule has 0 aliphatic carbocycles. The standard InChI is InChI=1S/C24H19F4N3O4/c1-13(24(26,27)28)29-12-31(30-10-9-18(32)21(33)20(30)23(29)34)19-15-6-3-2-5-14(15)11-35-22-16(19)7-4-8-17(22)25/h2-10,13,19,33H,11-12H2,1H3. The number of carbonyl (C=O) groups is 1. The molecule has 35 heavy (non-hydrogen) atoms. The van der Waals surface area contributed by atoms with Crippen LogP contribution in [0.5, 0.6) is 11.5 Å². The normalized spacial score (nSPS) is 18.2. The quantitative estimate of drug-likeness (QED) is 0.556. The lowest BCUT2D eigenvalue weighted by atomic mass is 9.94. The van der Waals surface area contributed by atoms with Crippen LogP contribution < -0.4 is 15.2 Å². The van der Waals surface area contributed by atoms with E-state index in [2.05, 4.69) is 0 Å².